The summed E-state index contributed by atoms with van der Waals surface area (Å²) >= 11 is 0. The predicted octanol–water partition coefficient (Wildman–Crippen LogP) is 3.43. The molecule has 0 aliphatic rings. The zero-order valence-corrected chi connectivity index (χ0v) is 11.0. The number of carbonyl (C=O) groups is 1. The Morgan fingerprint density at radius 2 is 1.67 bits per heavy atom. The molecule has 0 radical (unpaired) electrons. The van der Waals surface area contributed by atoms with E-state index < -0.39 is 0 Å². The smallest absolute Gasteiger partial charge is 0.167 e. The maximum atomic E-state index is 12.2. The number of hydrogen-bond donors (Lipinski definition) is 0. The van der Waals surface area contributed by atoms with Crippen LogP contribution in [0.3, 0.4) is 0 Å². The number of nitrogens with zero attached hydrogens (tertiary/aromatic N) is 1. The normalized spacial score (nSPS) is 10.4. The quantitative estimate of drug-likeness (QED) is 0.768. The SMILES string of the molecule is Cc1cc(C(=O)Cc2ccccc2C)cc(C)n1. The zero-order valence-electron chi connectivity index (χ0n) is 11.0. The van der Waals surface area contributed by atoms with Crippen LogP contribution in [0.4, 0.5) is 0 Å². The summed E-state index contributed by atoms with van der Waals surface area (Å²) < 4.78 is 0. The molecule has 0 atom stereocenters. The first-order valence-electron chi connectivity index (χ1n) is 6.09. The third-order valence-electron chi connectivity index (χ3n) is 3.02. The van der Waals surface area contributed by atoms with E-state index in [1.165, 1.54) is 0 Å². The number of pyridine rings is 1. The molecule has 1 aromatic heterocycles. The summed E-state index contributed by atoms with van der Waals surface area (Å²) in [5.74, 6) is 0.151. The van der Waals surface area contributed by atoms with Crippen LogP contribution < -0.4 is 0 Å². The van der Waals surface area contributed by atoms with E-state index in [4.69, 9.17) is 0 Å². The second kappa shape index (κ2) is 5.13. The Kier molecular flexibility index (Phi) is 3.56. The minimum Gasteiger partial charge on any atom is -0.294 e. The lowest BCUT2D eigenvalue weighted by Crippen LogP contribution is -2.06. The molecule has 1 heterocycles. The topological polar surface area (TPSA) is 30.0 Å². The summed E-state index contributed by atoms with van der Waals surface area (Å²) in [5, 5.41) is 0. The number of carbonyl (C=O) groups excluding carboxylic acids is 1. The fraction of sp³-hybridized carbons (Fsp3) is 0.250. The largest absolute Gasteiger partial charge is 0.294 e. The number of Topliss-reactive ketones (excluding diaryl/α,β-unsaturated/α-hetero) is 1. The summed E-state index contributed by atoms with van der Waals surface area (Å²) in [4.78, 5) is 16.5. The third-order valence-corrected chi connectivity index (χ3v) is 3.02. The summed E-state index contributed by atoms with van der Waals surface area (Å²) in [5.41, 5.74) is 4.79. The van der Waals surface area contributed by atoms with Gasteiger partial charge in [-0.25, -0.2) is 0 Å². The molecule has 2 aromatic rings. The van der Waals surface area contributed by atoms with Crippen molar-refractivity contribution in [2.24, 2.45) is 0 Å². The molecule has 0 N–H and O–H groups in total. The lowest BCUT2D eigenvalue weighted by molar-refractivity contribution is 0.0992. The minimum absolute atomic E-state index is 0.151. The van der Waals surface area contributed by atoms with Gasteiger partial charge in [-0.3, -0.25) is 9.78 Å². The van der Waals surface area contributed by atoms with E-state index in [2.05, 4.69) is 4.98 Å². The first-order valence-corrected chi connectivity index (χ1v) is 6.09. The maximum absolute atomic E-state index is 12.2. The number of rotatable bonds is 3. The van der Waals surface area contributed by atoms with E-state index >= 15 is 0 Å². The minimum atomic E-state index is 0.151. The monoisotopic (exact) mass is 239 g/mol. The third kappa shape index (κ3) is 2.83. The van der Waals surface area contributed by atoms with Crippen LogP contribution in [-0.2, 0) is 6.42 Å². The highest BCUT2D eigenvalue weighted by atomic mass is 16.1. The van der Waals surface area contributed by atoms with Gasteiger partial charge in [0.1, 0.15) is 0 Å². The Labute approximate surface area is 108 Å². The van der Waals surface area contributed by atoms with Gasteiger partial charge in [-0.2, -0.15) is 0 Å². The van der Waals surface area contributed by atoms with Gasteiger partial charge in [0, 0.05) is 23.4 Å². The van der Waals surface area contributed by atoms with Gasteiger partial charge in [0.15, 0.2) is 5.78 Å². The summed E-state index contributed by atoms with van der Waals surface area (Å²) in [6.07, 6.45) is 0.454. The fourth-order valence-electron chi connectivity index (χ4n) is 2.08. The van der Waals surface area contributed by atoms with Crippen molar-refractivity contribution in [3.63, 3.8) is 0 Å². The number of benzene rings is 1. The van der Waals surface area contributed by atoms with Gasteiger partial charge in [-0.15, -0.1) is 0 Å². The average Bonchev–Trinajstić information content (AvgIpc) is 2.31. The van der Waals surface area contributed by atoms with Crippen LogP contribution in [0.25, 0.3) is 0 Å². The standard InChI is InChI=1S/C16H17NO/c1-11-6-4-5-7-14(11)10-16(18)15-8-12(2)17-13(3)9-15/h4-9H,10H2,1-3H3. The molecule has 0 bridgehead atoms. The van der Waals surface area contributed by atoms with E-state index in [1.54, 1.807) is 0 Å². The molecule has 0 saturated heterocycles. The van der Waals surface area contributed by atoms with E-state index in [1.807, 2.05) is 57.2 Å². The summed E-state index contributed by atoms with van der Waals surface area (Å²) in [7, 11) is 0. The van der Waals surface area contributed by atoms with Gasteiger partial charge in [0.05, 0.1) is 0 Å². The van der Waals surface area contributed by atoms with Crippen LogP contribution in [0.1, 0.15) is 32.9 Å². The van der Waals surface area contributed by atoms with Crippen molar-refractivity contribution in [3.8, 4) is 0 Å². The second-order valence-corrected chi connectivity index (χ2v) is 4.67. The van der Waals surface area contributed by atoms with Crippen LogP contribution in [-0.4, -0.2) is 10.8 Å². The van der Waals surface area contributed by atoms with Crippen molar-refractivity contribution >= 4 is 5.78 Å². The van der Waals surface area contributed by atoms with E-state index in [0.29, 0.717) is 6.42 Å². The Hall–Kier alpha value is -1.96. The van der Waals surface area contributed by atoms with Gasteiger partial charge in [-0.1, -0.05) is 24.3 Å². The summed E-state index contributed by atoms with van der Waals surface area (Å²) in [6.45, 7) is 5.86. The predicted molar refractivity (Wildman–Crippen MR) is 72.9 cm³/mol. The molecule has 0 fully saturated rings. The van der Waals surface area contributed by atoms with Gasteiger partial charge in [-0.05, 0) is 44.0 Å². The van der Waals surface area contributed by atoms with Crippen molar-refractivity contribution in [1.29, 1.82) is 0 Å². The molecule has 0 unspecified atom stereocenters. The number of aromatic nitrogens is 1. The molecular weight excluding hydrogens is 222 g/mol. The molecule has 0 aliphatic heterocycles. The Bertz CT molecular complexity index is 567. The highest BCUT2D eigenvalue weighted by Crippen LogP contribution is 2.13. The van der Waals surface area contributed by atoms with Crippen LogP contribution in [0, 0.1) is 20.8 Å². The highest BCUT2D eigenvalue weighted by Gasteiger charge is 2.09. The molecule has 0 spiro atoms. The molecule has 1 aromatic carbocycles. The summed E-state index contributed by atoms with van der Waals surface area (Å²) in [6, 6.07) is 11.7. The lowest BCUT2D eigenvalue weighted by Gasteiger charge is -2.06. The molecule has 2 heteroatoms. The Balaban J connectivity index is 2.25. The average molecular weight is 239 g/mol. The van der Waals surface area contributed by atoms with Gasteiger partial charge < -0.3 is 0 Å². The molecule has 0 aliphatic carbocycles. The van der Waals surface area contributed by atoms with Crippen molar-refractivity contribution in [2.45, 2.75) is 27.2 Å². The van der Waals surface area contributed by atoms with Gasteiger partial charge in [0.2, 0.25) is 0 Å². The van der Waals surface area contributed by atoms with Crippen molar-refractivity contribution in [1.82, 2.24) is 4.98 Å². The first-order chi connectivity index (χ1) is 8.56. The number of aryl methyl sites for hydroxylation is 3. The van der Waals surface area contributed by atoms with E-state index in [-0.39, 0.29) is 5.78 Å². The zero-order chi connectivity index (χ0) is 13.1. The van der Waals surface area contributed by atoms with Gasteiger partial charge in [0.25, 0.3) is 0 Å². The number of hydrogen-bond acceptors (Lipinski definition) is 2. The van der Waals surface area contributed by atoms with Crippen molar-refractivity contribution < 1.29 is 4.79 Å². The Morgan fingerprint density at radius 1 is 1.06 bits per heavy atom. The van der Waals surface area contributed by atoms with E-state index in [0.717, 1.165) is 28.1 Å². The van der Waals surface area contributed by atoms with Crippen molar-refractivity contribution in [3.05, 3.63) is 64.5 Å². The molecule has 0 amide bonds. The molecule has 92 valence electrons. The second-order valence-electron chi connectivity index (χ2n) is 4.67. The molecule has 2 nitrogen and oxygen atoms in total. The van der Waals surface area contributed by atoms with E-state index in [9.17, 15) is 4.79 Å². The first kappa shape index (κ1) is 12.5. The molecular formula is C16H17NO. The molecule has 18 heavy (non-hydrogen) atoms. The molecule has 0 saturated carbocycles. The lowest BCUT2D eigenvalue weighted by atomic mass is 9.99. The van der Waals surface area contributed by atoms with Crippen LogP contribution in [0.5, 0.6) is 0 Å². The van der Waals surface area contributed by atoms with Crippen LogP contribution in [0.2, 0.25) is 0 Å². The van der Waals surface area contributed by atoms with Gasteiger partial charge >= 0.3 is 0 Å². The van der Waals surface area contributed by atoms with Crippen LogP contribution >= 0.6 is 0 Å². The van der Waals surface area contributed by atoms with Crippen molar-refractivity contribution in [2.75, 3.05) is 0 Å². The highest BCUT2D eigenvalue weighted by molar-refractivity contribution is 5.97. The fourth-order valence-corrected chi connectivity index (χ4v) is 2.08. The number of ketones is 1. The van der Waals surface area contributed by atoms with Crippen LogP contribution in [0.15, 0.2) is 36.4 Å². The maximum Gasteiger partial charge on any atom is 0.167 e. The Morgan fingerprint density at radius 3 is 2.28 bits per heavy atom. The molecule has 2 rings (SSSR count).